The number of hydrogen-bond donors (Lipinski definition) is 1. The molecule has 0 radical (unpaired) electrons. The van der Waals surface area contributed by atoms with Crippen molar-refractivity contribution in [2.75, 3.05) is 26.2 Å². The number of carboxylic acids is 1. The Hall–Kier alpha value is -2.45. The molecule has 1 saturated heterocycles. The molecule has 146 valence electrons. The molecule has 0 unspecified atom stereocenters. The van der Waals surface area contributed by atoms with Crippen LogP contribution in [0.4, 0.5) is 0 Å². The molecule has 1 aromatic rings. The first-order valence-corrected chi connectivity index (χ1v) is 10.1. The molecule has 0 spiro atoms. The molecular formula is C19H24N2O5S. The van der Waals surface area contributed by atoms with E-state index >= 15 is 0 Å². The first-order valence-electron chi connectivity index (χ1n) is 8.65. The van der Waals surface area contributed by atoms with Crippen LogP contribution in [0.2, 0.25) is 0 Å². The van der Waals surface area contributed by atoms with Gasteiger partial charge in [-0.1, -0.05) is 12.2 Å². The number of nitrogens with zero attached hydrogens (tertiary/aromatic N) is 2. The minimum Gasteiger partial charge on any atom is -0.478 e. The van der Waals surface area contributed by atoms with Crippen LogP contribution in [0, 0.1) is 5.92 Å². The summed E-state index contributed by atoms with van der Waals surface area (Å²) in [4.78, 5) is 25.2. The van der Waals surface area contributed by atoms with E-state index in [-0.39, 0.29) is 35.4 Å². The number of sulfonamides is 1. The molecule has 0 atom stereocenters. The van der Waals surface area contributed by atoms with Crippen molar-refractivity contribution < 1.29 is 23.1 Å². The fourth-order valence-electron chi connectivity index (χ4n) is 3.09. The van der Waals surface area contributed by atoms with Gasteiger partial charge in [0.2, 0.25) is 15.9 Å². The fraction of sp³-hybridized carbons (Fsp3) is 0.368. The number of carbonyl (C=O) groups is 2. The van der Waals surface area contributed by atoms with E-state index in [9.17, 15) is 18.0 Å². The summed E-state index contributed by atoms with van der Waals surface area (Å²) < 4.78 is 26.8. The monoisotopic (exact) mass is 392 g/mol. The van der Waals surface area contributed by atoms with Crippen molar-refractivity contribution >= 4 is 21.9 Å². The molecule has 0 saturated carbocycles. The third kappa shape index (κ3) is 4.84. The highest BCUT2D eigenvalue weighted by Crippen LogP contribution is 2.25. The third-order valence-corrected chi connectivity index (χ3v) is 6.47. The Kier molecular flexibility index (Phi) is 6.92. The molecule has 0 aliphatic carbocycles. The normalized spacial score (nSPS) is 15.9. The van der Waals surface area contributed by atoms with Gasteiger partial charge in [-0.05, 0) is 37.1 Å². The number of amides is 1. The van der Waals surface area contributed by atoms with Crippen LogP contribution in [0.1, 0.15) is 23.2 Å². The van der Waals surface area contributed by atoms with Crippen molar-refractivity contribution in [2.45, 2.75) is 17.7 Å². The summed E-state index contributed by atoms with van der Waals surface area (Å²) >= 11 is 0. The van der Waals surface area contributed by atoms with Gasteiger partial charge in [-0.3, -0.25) is 4.79 Å². The number of carbonyl (C=O) groups excluding carboxylic acids is 1. The molecule has 1 amide bonds. The molecular weight excluding hydrogens is 368 g/mol. The van der Waals surface area contributed by atoms with Crippen molar-refractivity contribution in [2.24, 2.45) is 5.92 Å². The summed E-state index contributed by atoms with van der Waals surface area (Å²) in [5, 5.41) is 8.92. The van der Waals surface area contributed by atoms with Crippen LogP contribution in [-0.2, 0) is 14.8 Å². The summed E-state index contributed by atoms with van der Waals surface area (Å²) in [7, 11) is -3.71. The van der Waals surface area contributed by atoms with Gasteiger partial charge in [0.25, 0.3) is 0 Å². The van der Waals surface area contributed by atoms with Crippen LogP contribution in [0.3, 0.4) is 0 Å². The number of piperidine rings is 1. The van der Waals surface area contributed by atoms with Gasteiger partial charge < -0.3 is 10.0 Å². The lowest BCUT2D eigenvalue weighted by molar-refractivity contribution is -0.135. The minimum atomic E-state index is -3.71. The quantitative estimate of drug-likeness (QED) is 0.683. The van der Waals surface area contributed by atoms with Gasteiger partial charge in [0, 0.05) is 32.1 Å². The SMILES string of the molecule is C=CCN(CC=C)C(=O)C1CCN(S(=O)(=O)c2ccc(C(=O)O)cc2)CC1. The number of carboxylic acid groups (broad SMARTS) is 1. The zero-order chi connectivity index (χ0) is 20.0. The minimum absolute atomic E-state index is 0.0161. The van der Waals surface area contributed by atoms with E-state index in [4.69, 9.17) is 5.11 Å². The van der Waals surface area contributed by atoms with Gasteiger partial charge in [0.15, 0.2) is 0 Å². The van der Waals surface area contributed by atoms with E-state index in [2.05, 4.69) is 13.2 Å². The Balaban J connectivity index is 2.05. The number of aromatic carboxylic acids is 1. The zero-order valence-electron chi connectivity index (χ0n) is 15.1. The summed E-state index contributed by atoms with van der Waals surface area (Å²) in [5.41, 5.74) is 0.0304. The van der Waals surface area contributed by atoms with Crippen molar-refractivity contribution in [3.8, 4) is 0 Å². The number of hydrogen-bond acceptors (Lipinski definition) is 4. The lowest BCUT2D eigenvalue weighted by Crippen LogP contribution is -2.44. The number of rotatable bonds is 8. The van der Waals surface area contributed by atoms with E-state index in [0.717, 1.165) is 0 Å². The predicted molar refractivity (Wildman–Crippen MR) is 102 cm³/mol. The Bertz CT molecular complexity index is 799. The first-order chi connectivity index (χ1) is 12.8. The van der Waals surface area contributed by atoms with Crippen LogP contribution in [0.5, 0.6) is 0 Å². The molecule has 27 heavy (non-hydrogen) atoms. The van der Waals surface area contributed by atoms with Crippen LogP contribution < -0.4 is 0 Å². The van der Waals surface area contributed by atoms with Gasteiger partial charge in [0.1, 0.15) is 0 Å². The summed E-state index contributed by atoms with van der Waals surface area (Å²) in [6.45, 7) is 8.66. The molecule has 2 rings (SSSR count). The molecule has 0 aromatic heterocycles. The summed E-state index contributed by atoms with van der Waals surface area (Å²) in [6.07, 6.45) is 4.19. The predicted octanol–water partition coefficient (Wildman–Crippen LogP) is 1.99. The first kappa shape index (κ1) is 20.9. The third-order valence-electron chi connectivity index (χ3n) is 4.55. The van der Waals surface area contributed by atoms with E-state index < -0.39 is 16.0 Å². The number of benzene rings is 1. The second-order valence-corrected chi connectivity index (χ2v) is 8.27. The highest BCUT2D eigenvalue weighted by atomic mass is 32.2. The van der Waals surface area contributed by atoms with Crippen molar-refractivity contribution in [1.82, 2.24) is 9.21 Å². The maximum absolute atomic E-state index is 12.7. The van der Waals surface area contributed by atoms with Crippen LogP contribution >= 0.6 is 0 Å². The van der Waals surface area contributed by atoms with E-state index in [0.29, 0.717) is 25.9 Å². The Morgan fingerprint density at radius 2 is 1.63 bits per heavy atom. The Labute approximate surface area is 159 Å². The van der Waals surface area contributed by atoms with E-state index in [1.165, 1.54) is 28.6 Å². The molecule has 1 N–H and O–H groups in total. The zero-order valence-corrected chi connectivity index (χ0v) is 15.9. The molecule has 1 aromatic carbocycles. The molecule has 1 fully saturated rings. The second-order valence-electron chi connectivity index (χ2n) is 6.33. The van der Waals surface area contributed by atoms with Gasteiger partial charge >= 0.3 is 5.97 Å². The highest BCUT2D eigenvalue weighted by molar-refractivity contribution is 7.89. The van der Waals surface area contributed by atoms with Crippen LogP contribution in [0.25, 0.3) is 0 Å². The molecule has 0 bridgehead atoms. The summed E-state index contributed by atoms with van der Waals surface area (Å²) in [6, 6.07) is 5.14. The van der Waals surface area contributed by atoms with Gasteiger partial charge in [-0.15, -0.1) is 13.2 Å². The van der Waals surface area contributed by atoms with Crippen molar-refractivity contribution in [3.63, 3.8) is 0 Å². The molecule has 1 aliphatic heterocycles. The van der Waals surface area contributed by atoms with Crippen LogP contribution in [0.15, 0.2) is 54.5 Å². The Morgan fingerprint density at radius 3 is 2.07 bits per heavy atom. The molecule has 1 heterocycles. The molecule has 1 aliphatic rings. The van der Waals surface area contributed by atoms with Gasteiger partial charge in [-0.25, -0.2) is 13.2 Å². The van der Waals surface area contributed by atoms with Gasteiger partial charge in [-0.2, -0.15) is 4.31 Å². The standard InChI is InChI=1S/C19H24N2O5S/c1-3-11-20(12-4-2)18(22)15-9-13-21(14-10-15)27(25,26)17-7-5-16(6-8-17)19(23)24/h3-8,15H,1-2,9-14H2,(H,23,24). The fourth-order valence-corrected chi connectivity index (χ4v) is 4.56. The lowest BCUT2D eigenvalue weighted by atomic mass is 9.96. The Morgan fingerprint density at radius 1 is 1.11 bits per heavy atom. The molecule has 7 nitrogen and oxygen atoms in total. The maximum Gasteiger partial charge on any atom is 0.335 e. The van der Waals surface area contributed by atoms with Crippen molar-refractivity contribution in [3.05, 3.63) is 55.1 Å². The topological polar surface area (TPSA) is 95.0 Å². The maximum atomic E-state index is 12.7. The second kappa shape index (κ2) is 8.96. The summed E-state index contributed by atoms with van der Waals surface area (Å²) in [5.74, 6) is -1.36. The smallest absolute Gasteiger partial charge is 0.335 e. The molecule has 8 heteroatoms. The highest BCUT2D eigenvalue weighted by Gasteiger charge is 2.33. The van der Waals surface area contributed by atoms with E-state index in [1.807, 2.05) is 0 Å². The average Bonchev–Trinajstić information content (AvgIpc) is 2.67. The van der Waals surface area contributed by atoms with Crippen LogP contribution in [-0.4, -0.2) is 60.8 Å². The van der Waals surface area contributed by atoms with Crippen molar-refractivity contribution in [1.29, 1.82) is 0 Å². The average molecular weight is 392 g/mol. The lowest BCUT2D eigenvalue weighted by Gasteiger charge is -2.33. The van der Waals surface area contributed by atoms with E-state index in [1.54, 1.807) is 17.1 Å². The van der Waals surface area contributed by atoms with Gasteiger partial charge in [0.05, 0.1) is 10.5 Å². The largest absolute Gasteiger partial charge is 0.478 e.